The van der Waals surface area contributed by atoms with Crippen molar-refractivity contribution in [2.24, 2.45) is 23.5 Å². The number of carbonyl (C=O) groups is 1. The van der Waals surface area contributed by atoms with Crippen molar-refractivity contribution in [2.45, 2.75) is 68.0 Å². The lowest BCUT2D eigenvalue weighted by Crippen LogP contribution is -2.66. The number of hydrogen-bond acceptors (Lipinski definition) is 4. The molecule has 4 bridgehead atoms. The van der Waals surface area contributed by atoms with E-state index in [0.29, 0.717) is 17.8 Å². The van der Waals surface area contributed by atoms with Gasteiger partial charge >= 0.3 is 0 Å². The van der Waals surface area contributed by atoms with Gasteiger partial charge in [0.25, 0.3) is 0 Å². The van der Waals surface area contributed by atoms with E-state index in [2.05, 4.69) is 10.0 Å². The van der Waals surface area contributed by atoms with Crippen molar-refractivity contribution >= 4 is 15.9 Å². The molecule has 0 aromatic heterocycles. The van der Waals surface area contributed by atoms with Gasteiger partial charge in [-0.1, -0.05) is 12.1 Å². The molecule has 1 aromatic carbocycles. The van der Waals surface area contributed by atoms with Crippen LogP contribution in [0.3, 0.4) is 0 Å². The summed E-state index contributed by atoms with van der Waals surface area (Å²) in [4.78, 5) is 12.5. The number of halogens is 1. The Morgan fingerprint density at radius 2 is 1.79 bits per heavy atom. The summed E-state index contributed by atoms with van der Waals surface area (Å²) in [5, 5.41) is 3.09. The van der Waals surface area contributed by atoms with Crippen LogP contribution in [0.5, 0.6) is 0 Å². The molecule has 28 heavy (non-hydrogen) atoms. The van der Waals surface area contributed by atoms with Gasteiger partial charge in [0.1, 0.15) is 16.3 Å². The SMILES string of the molecule is CC(C)(NS(=O)(=O)c1ccccc1F)C(=O)NC1C2CC3CC1CC(N)(C3)C2. The predicted octanol–water partition coefficient (Wildman–Crippen LogP) is 1.90. The summed E-state index contributed by atoms with van der Waals surface area (Å²) in [7, 11) is -4.17. The van der Waals surface area contributed by atoms with Crippen molar-refractivity contribution in [3.05, 3.63) is 30.1 Å². The predicted molar refractivity (Wildman–Crippen MR) is 103 cm³/mol. The van der Waals surface area contributed by atoms with Gasteiger partial charge < -0.3 is 11.1 Å². The van der Waals surface area contributed by atoms with E-state index in [1.165, 1.54) is 32.0 Å². The summed E-state index contributed by atoms with van der Waals surface area (Å²) in [5.41, 5.74) is 5.02. The molecular weight excluding hydrogens is 381 g/mol. The van der Waals surface area contributed by atoms with Crippen LogP contribution < -0.4 is 15.8 Å². The Morgan fingerprint density at radius 3 is 2.36 bits per heavy atom. The zero-order valence-corrected chi connectivity index (χ0v) is 17.1. The van der Waals surface area contributed by atoms with Crippen LogP contribution in [0.2, 0.25) is 0 Å². The lowest BCUT2D eigenvalue weighted by molar-refractivity contribution is -0.130. The van der Waals surface area contributed by atoms with Crippen molar-refractivity contribution in [3.63, 3.8) is 0 Å². The molecule has 2 unspecified atom stereocenters. The Balaban J connectivity index is 1.48. The fourth-order valence-corrected chi connectivity index (χ4v) is 7.21. The van der Waals surface area contributed by atoms with E-state index in [1.54, 1.807) is 0 Å². The number of sulfonamides is 1. The number of rotatable bonds is 5. The summed E-state index contributed by atoms with van der Waals surface area (Å²) in [5.74, 6) is 0.0954. The van der Waals surface area contributed by atoms with Gasteiger partial charge in [-0.15, -0.1) is 0 Å². The van der Waals surface area contributed by atoms with Gasteiger partial charge in [-0.2, -0.15) is 4.72 Å². The second-order valence-corrected chi connectivity index (χ2v) is 11.1. The first-order valence-electron chi connectivity index (χ1n) is 9.87. The zero-order chi connectivity index (χ0) is 20.3. The van der Waals surface area contributed by atoms with E-state index in [0.717, 1.165) is 38.2 Å². The molecule has 0 aliphatic heterocycles. The first-order chi connectivity index (χ1) is 13.0. The first kappa shape index (κ1) is 19.8. The lowest BCUT2D eigenvalue weighted by atomic mass is 9.51. The molecule has 154 valence electrons. The van der Waals surface area contributed by atoms with Crippen molar-refractivity contribution in [2.75, 3.05) is 0 Å². The van der Waals surface area contributed by atoms with Gasteiger partial charge in [0.05, 0.1) is 0 Å². The van der Waals surface area contributed by atoms with Gasteiger partial charge in [-0.3, -0.25) is 4.79 Å². The van der Waals surface area contributed by atoms with E-state index in [-0.39, 0.29) is 11.6 Å². The van der Waals surface area contributed by atoms with Gasteiger partial charge in [-0.25, -0.2) is 12.8 Å². The average molecular weight is 410 g/mol. The van der Waals surface area contributed by atoms with Gasteiger partial charge in [0.2, 0.25) is 15.9 Å². The van der Waals surface area contributed by atoms with Crippen LogP contribution in [0, 0.1) is 23.6 Å². The molecule has 1 amide bonds. The Bertz CT molecular complexity index is 886. The maximum Gasteiger partial charge on any atom is 0.244 e. The van der Waals surface area contributed by atoms with E-state index >= 15 is 0 Å². The largest absolute Gasteiger partial charge is 0.351 e. The molecule has 0 spiro atoms. The Morgan fingerprint density at radius 1 is 1.18 bits per heavy atom. The van der Waals surface area contributed by atoms with Crippen molar-refractivity contribution in [3.8, 4) is 0 Å². The Kier molecular flexibility index (Phi) is 4.60. The van der Waals surface area contributed by atoms with Crippen LogP contribution in [-0.4, -0.2) is 31.4 Å². The maximum atomic E-state index is 13.9. The molecule has 4 saturated carbocycles. The number of hydrogen-bond donors (Lipinski definition) is 3. The van der Waals surface area contributed by atoms with E-state index in [9.17, 15) is 17.6 Å². The van der Waals surface area contributed by atoms with Gasteiger partial charge in [0, 0.05) is 11.6 Å². The fraction of sp³-hybridized carbons (Fsp3) is 0.650. The molecule has 0 radical (unpaired) electrons. The van der Waals surface area contributed by atoms with Gasteiger partial charge in [0.15, 0.2) is 0 Å². The highest BCUT2D eigenvalue weighted by atomic mass is 32.2. The quantitative estimate of drug-likeness (QED) is 0.691. The molecule has 8 heteroatoms. The van der Waals surface area contributed by atoms with E-state index in [4.69, 9.17) is 5.73 Å². The second kappa shape index (κ2) is 6.50. The molecule has 1 aromatic rings. The smallest absolute Gasteiger partial charge is 0.244 e. The van der Waals surface area contributed by atoms with Crippen molar-refractivity contribution < 1.29 is 17.6 Å². The van der Waals surface area contributed by atoms with Crippen LogP contribution >= 0.6 is 0 Å². The topological polar surface area (TPSA) is 101 Å². The number of benzene rings is 1. The van der Waals surface area contributed by atoms with Crippen LogP contribution in [0.4, 0.5) is 4.39 Å². The molecular formula is C20H28FN3O3S. The third kappa shape index (κ3) is 3.46. The summed E-state index contributed by atoms with van der Waals surface area (Å²) in [6, 6.07) is 5.16. The fourth-order valence-electron chi connectivity index (χ4n) is 5.75. The van der Waals surface area contributed by atoms with Crippen molar-refractivity contribution in [1.29, 1.82) is 0 Å². The van der Waals surface area contributed by atoms with Crippen LogP contribution in [0.1, 0.15) is 46.0 Å². The summed E-state index contributed by atoms with van der Waals surface area (Å²) in [6.45, 7) is 3.00. The zero-order valence-electron chi connectivity index (χ0n) is 16.2. The molecule has 0 saturated heterocycles. The number of nitrogens with one attached hydrogen (secondary N) is 2. The molecule has 2 atom stereocenters. The van der Waals surface area contributed by atoms with E-state index < -0.39 is 32.2 Å². The summed E-state index contributed by atoms with van der Waals surface area (Å²) < 4.78 is 41.5. The third-order valence-corrected chi connectivity index (χ3v) is 8.39. The molecule has 6 nitrogen and oxygen atoms in total. The van der Waals surface area contributed by atoms with Crippen LogP contribution in [0.15, 0.2) is 29.2 Å². The summed E-state index contributed by atoms with van der Waals surface area (Å²) >= 11 is 0. The van der Waals surface area contributed by atoms with E-state index in [1.807, 2.05) is 0 Å². The normalized spacial score (nSPS) is 34.4. The standard InChI is InChI=1S/C20H28FN3O3S/c1-19(2,24-28(26,27)16-6-4-3-5-15(16)21)18(25)23-17-13-7-12-8-14(17)11-20(22,9-12)10-13/h3-6,12-14,17,24H,7-11,22H2,1-2H3,(H,23,25). The average Bonchev–Trinajstić information content (AvgIpc) is 2.55. The Hall–Kier alpha value is -1.51. The first-order valence-corrected chi connectivity index (χ1v) is 11.4. The molecule has 5 rings (SSSR count). The second-order valence-electron chi connectivity index (χ2n) is 9.49. The molecule has 0 heterocycles. The van der Waals surface area contributed by atoms with Gasteiger partial charge in [-0.05, 0) is 75.8 Å². The Labute approximate surface area is 165 Å². The minimum absolute atomic E-state index is 0.0259. The van der Waals surface area contributed by atoms with Crippen LogP contribution in [-0.2, 0) is 14.8 Å². The highest BCUT2D eigenvalue weighted by Gasteiger charge is 2.54. The number of nitrogens with two attached hydrogens (primary N) is 1. The number of carbonyl (C=O) groups excluding carboxylic acids is 1. The minimum Gasteiger partial charge on any atom is -0.351 e. The molecule has 4 aliphatic rings. The molecule has 4 fully saturated rings. The highest BCUT2D eigenvalue weighted by molar-refractivity contribution is 7.89. The maximum absolute atomic E-state index is 13.9. The molecule has 4 aliphatic carbocycles. The minimum atomic E-state index is -4.17. The summed E-state index contributed by atoms with van der Waals surface area (Å²) in [6.07, 6.45) is 5.04. The monoisotopic (exact) mass is 409 g/mol. The number of amides is 1. The van der Waals surface area contributed by atoms with Crippen molar-refractivity contribution in [1.82, 2.24) is 10.0 Å². The van der Waals surface area contributed by atoms with Crippen LogP contribution in [0.25, 0.3) is 0 Å². The third-order valence-electron chi connectivity index (χ3n) is 6.70. The lowest BCUT2D eigenvalue weighted by Gasteiger charge is -2.59. The molecule has 4 N–H and O–H groups in total. The highest BCUT2D eigenvalue weighted by Crippen LogP contribution is 2.54.